The maximum Gasteiger partial charge on any atom is 0.346 e. The van der Waals surface area contributed by atoms with E-state index in [0.717, 1.165) is 11.1 Å². The number of carbonyl (C=O) groups excluding carboxylic acids is 2. The second-order valence-electron chi connectivity index (χ2n) is 4.61. The van der Waals surface area contributed by atoms with Gasteiger partial charge in [-0.2, -0.15) is 0 Å². The number of cyclic esters (lactones) is 2. The Morgan fingerprint density at radius 2 is 1.00 bits per heavy atom. The van der Waals surface area contributed by atoms with Gasteiger partial charge in [-0.3, -0.25) is 0 Å². The first-order valence-electron chi connectivity index (χ1n) is 6.54. The van der Waals surface area contributed by atoms with Crippen molar-refractivity contribution in [2.75, 3.05) is 0 Å². The van der Waals surface area contributed by atoms with E-state index in [1.807, 2.05) is 60.7 Å². The number of hydrogen-bond donors (Lipinski definition) is 0. The number of esters is 2. The summed E-state index contributed by atoms with van der Waals surface area (Å²) in [5.74, 6) is -1.21. The van der Waals surface area contributed by atoms with Crippen LogP contribution in [-0.4, -0.2) is 11.9 Å². The normalized spacial score (nSPS) is 18.3. The van der Waals surface area contributed by atoms with Crippen molar-refractivity contribution < 1.29 is 14.3 Å². The molecule has 3 heteroatoms. The van der Waals surface area contributed by atoms with E-state index in [1.54, 1.807) is 12.2 Å². The van der Waals surface area contributed by atoms with Crippen molar-refractivity contribution in [2.45, 2.75) is 0 Å². The van der Waals surface area contributed by atoms with E-state index >= 15 is 0 Å². The van der Waals surface area contributed by atoms with E-state index < -0.39 is 11.9 Å². The number of rotatable bonds is 2. The summed E-state index contributed by atoms with van der Waals surface area (Å²) in [5.41, 5.74) is 2.27. The molecule has 1 aliphatic heterocycles. The molecule has 3 rings (SSSR count). The van der Waals surface area contributed by atoms with Crippen molar-refractivity contribution >= 4 is 24.1 Å². The summed E-state index contributed by atoms with van der Waals surface area (Å²) in [7, 11) is 0. The van der Waals surface area contributed by atoms with Crippen LogP contribution in [0.5, 0.6) is 0 Å². The minimum atomic E-state index is -0.606. The average molecular weight is 276 g/mol. The summed E-state index contributed by atoms with van der Waals surface area (Å²) < 4.78 is 4.72. The van der Waals surface area contributed by atoms with Crippen molar-refractivity contribution in [1.82, 2.24) is 0 Å². The maximum atomic E-state index is 11.8. The fourth-order valence-electron chi connectivity index (χ4n) is 2.12. The van der Waals surface area contributed by atoms with Gasteiger partial charge in [-0.25, -0.2) is 9.59 Å². The second kappa shape index (κ2) is 5.59. The lowest BCUT2D eigenvalue weighted by molar-refractivity contribution is -0.149. The standard InChI is InChI=1S/C18H12O3/c19-17-15(11-13-7-3-1-4-8-13)16(18(20)21-17)12-14-9-5-2-6-10-14/h1-12H/b15-11-,16-12+. The molecular formula is C18H12O3. The highest BCUT2D eigenvalue weighted by molar-refractivity contribution is 6.22. The summed E-state index contributed by atoms with van der Waals surface area (Å²) in [6.45, 7) is 0. The summed E-state index contributed by atoms with van der Waals surface area (Å²) in [4.78, 5) is 23.7. The molecule has 0 unspecified atom stereocenters. The van der Waals surface area contributed by atoms with Crippen LogP contribution >= 0.6 is 0 Å². The molecule has 0 atom stereocenters. The van der Waals surface area contributed by atoms with Crippen LogP contribution in [-0.2, 0) is 14.3 Å². The number of ether oxygens (including phenoxy) is 1. The highest BCUT2D eigenvalue weighted by Crippen LogP contribution is 2.26. The topological polar surface area (TPSA) is 43.4 Å². The van der Waals surface area contributed by atoms with Crippen LogP contribution in [0.25, 0.3) is 12.2 Å². The van der Waals surface area contributed by atoms with Crippen molar-refractivity contribution in [3.05, 3.63) is 82.9 Å². The largest absolute Gasteiger partial charge is 0.386 e. The summed E-state index contributed by atoms with van der Waals surface area (Å²) in [6, 6.07) is 18.7. The Morgan fingerprint density at radius 3 is 1.38 bits per heavy atom. The van der Waals surface area contributed by atoms with Crippen molar-refractivity contribution in [1.29, 1.82) is 0 Å². The lowest BCUT2D eigenvalue weighted by Crippen LogP contribution is -1.97. The van der Waals surface area contributed by atoms with Crippen molar-refractivity contribution in [3.8, 4) is 0 Å². The monoisotopic (exact) mass is 276 g/mol. The Balaban J connectivity index is 2.05. The fraction of sp³-hybridized carbons (Fsp3) is 0. The molecule has 0 radical (unpaired) electrons. The van der Waals surface area contributed by atoms with E-state index in [2.05, 4.69) is 0 Å². The predicted octanol–water partition coefficient (Wildman–Crippen LogP) is 3.24. The van der Waals surface area contributed by atoms with Crippen LogP contribution in [0.15, 0.2) is 71.8 Å². The number of hydrogen-bond acceptors (Lipinski definition) is 3. The van der Waals surface area contributed by atoms with E-state index in [0.29, 0.717) is 0 Å². The summed E-state index contributed by atoms with van der Waals surface area (Å²) >= 11 is 0. The van der Waals surface area contributed by atoms with Gasteiger partial charge in [0.05, 0.1) is 11.1 Å². The fourth-order valence-corrected chi connectivity index (χ4v) is 2.12. The third-order valence-electron chi connectivity index (χ3n) is 3.14. The van der Waals surface area contributed by atoms with Crippen molar-refractivity contribution in [2.24, 2.45) is 0 Å². The first-order chi connectivity index (χ1) is 10.2. The number of benzene rings is 2. The van der Waals surface area contributed by atoms with Gasteiger partial charge in [-0.15, -0.1) is 0 Å². The molecule has 0 aromatic heterocycles. The maximum absolute atomic E-state index is 11.8. The average Bonchev–Trinajstić information content (AvgIpc) is 2.76. The molecule has 3 nitrogen and oxygen atoms in total. The van der Waals surface area contributed by atoms with Gasteiger partial charge in [0.1, 0.15) is 0 Å². The first kappa shape index (κ1) is 13.1. The smallest absolute Gasteiger partial charge is 0.346 e. The molecule has 1 aliphatic rings. The van der Waals surface area contributed by atoms with E-state index in [1.165, 1.54) is 0 Å². The molecule has 2 aromatic rings. The zero-order valence-corrected chi connectivity index (χ0v) is 11.2. The zero-order valence-electron chi connectivity index (χ0n) is 11.2. The minimum Gasteiger partial charge on any atom is -0.386 e. The number of carbonyl (C=O) groups is 2. The molecule has 2 aromatic carbocycles. The molecule has 0 amide bonds. The summed E-state index contributed by atoms with van der Waals surface area (Å²) in [6.07, 6.45) is 3.34. The molecule has 0 bridgehead atoms. The van der Waals surface area contributed by atoms with Crippen LogP contribution in [0.3, 0.4) is 0 Å². The van der Waals surface area contributed by atoms with Gasteiger partial charge in [-0.1, -0.05) is 60.7 Å². The Hall–Kier alpha value is -2.94. The quantitative estimate of drug-likeness (QED) is 0.480. The van der Waals surface area contributed by atoms with E-state index in [9.17, 15) is 9.59 Å². The summed E-state index contributed by atoms with van der Waals surface area (Å²) in [5, 5.41) is 0. The highest BCUT2D eigenvalue weighted by atomic mass is 16.6. The van der Waals surface area contributed by atoms with Crippen LogP contribution in [0, 0.1) is 0 Å². The molecular weight excluding hydrogens is 264 g/mol. The molecule has 0 saturated carbocycles. The lowest BCUT2D eigenvalue weighted by atomic mass is 10.0. The van der Waals surface area contributed by atoms with Gasteiger partial charge in [0.25, 0.3) is 0 Å². The Kier molecular flexibility index (Phi) is 3.48. The molecule has 0 aliphatic carbocycles. The lowest BCUT2D eigenvalue weighted by Gasteiger charge is -1.97. The highest BCUT2D eigenvalue weighted by Gasteiger charge is 2.33. The van der Waals surface area contributed by atoms with Gasteiger partial charge in [0, 0.05) is 0 Å². The molecule has 0 N–H and O–H groups in total. The molecule has 1 fully saturated rings. The van der Waals surface area contributed by atoms with Gasteiger partial charge in [-0.05, 0) is 23.3 Å². The Labute approximate surface area is 122 Å². The molecule has 0 spiro atoms. The Bertz CT molecular complexity index is 675. The van der Waals surface area contributed by atoms with Gasteiger partial charge >= 0.3 is 11.9 Å². The molecule has 1 heterocycles. The van der Waals surface area contributed by atoms with E-state index in [-0.39, 0.29) is 11.1 Å². The third kappa shape index (κ3) is 2.82. The van der Waals surface area contributed by atoms with Gasteiger partial charge in [0.2, 0.25) is 0 Å². The van der Waals surface area contributed by atoms with Crippen LogP contribution in [0.1, 0.15) is 11.1 Å². The third-order valence-corrected chi connectivity index (χ3v) is 3.14. The van der Waals surface area contributed by atoms with Crippen LogP contribution in [0.4, 0.5) is 0 Å². The molecule has 1 saturated heterocycles. The zero-order chi connectivity index (χ0) is 14.7. The predicted molar refractivity (Wildman–Crippen MR) is 79.9 cm³/mol. The molecule has 21 heavy (non-hydrogen) atoms. The molecule has 102 valence electrons. The van der Waals surface area contributed by atoms with Gasteiger partial charge in [0.15, 0.2) is 0 Å². The second-order valence-corrected chi connectivity index (χ2v) is 4.61. The van der Waals surface area contributed by atoms with Crippen LogP contribution < -0.4 is 0 Å². The van der Waals surface area contributed by atoms with E-state index in [4.69, 9.17) is 4.74 Å². The van der Waals surface area contributed by atoms with Crippen LogP contribution in [0.2, 0.25) is 0 Å². The SMILES string of the molecule is O=C1OC(=O)C(=C/c2ccccc2)/C1=C/c1ccccc1. The first-order valence-corrected chi connectivity index (χ1v) is 6.54. The Morgan fingerprint density at radius 1 is 0.619 bits per heavy atom. The van der Waals surface area contributed by atoms with Gasteiger partial charge < -0.3 is 4.74 Å². The minimum absolute atomic E-state index is 0.287. The van der Waals surface area contributed by atoms with Crippen molar-refractivity contribution in [3.63, 3.8) is 0 Å².